The fourth-order valence-electron chi connectivity index (χ4n) is 2.40. The Morgan fingerprint density at radius 2 is 2.00 bits per heavy atom. The van der Waals surface area contributed by atoms with Gasteiger partial charge in [-0.3, -0.25) is 4.90 Å². The summed E-state index contributed by atoms with van der Waals surface area (Å²) < 4.78 is 0. The lowest BCUT2D eigenvalue weighted by atomic mass is 10.1. The van der Waals surface area contributed by atoms with E-state index in [0.29, 0.717) is 6.04 Å². The van der Waals surface area contributed by atoms with E-state index in [1.165, 1.54) is 35.6 Å². The van der Waals surface area contributed by atoms with Gasteiger partial charge in [0.25, 0.3) is 0 Å². The summed E-state index contributed by atoms with van der Waals surface area (Å²) >= 11 is 2.08. The third-order valence-corrected chi connectivity index (χ3v) is 4.86. The van der Waals surface area contributed by atoms with Crippen LogP contribution in [0.25, 0.3) is 0 Å². The van der Waals surface area contributed by atoms with E-state index >= 15 is 0 Å². The van der Waals surface area contributed by atoms with Crippen LogP contribution in [0.3, 0.4) is 0 Å². The molecular weight excluding hydrogens is 252 g/mol. The summed E-state index contributed by atoms with van der Waals surface area (Å²) in [7, 11) is 0. The Balaban J connectivity index is 1.84. The highest BCUT2D eigenvalue weighted by Crippen LogP contribution is 2.18. The maximum Gasteiger partial charge on any atom is 0.0237 e. The highest BCUT2D eigenvalue weighted by Gasteiger charge is 2.18. The SMILES string of the molecule is CCCNCc1ccc(CN2CCSCC2C)cc1. The van der Waals surface area contributed by atoms with Gasteiger partial charge in [-0.05, 0) is 31.0 Å². The first-order valence-electron chi connectivity index (χ1n) is 7.40. The summed E-state index contributed by atoms with van der Waals surface area (Å²) in [6.07, 6.45) is 1.20. The Labute approximate surface area is 122 Å². The second kappa shape index (κ2) is 7.93. The van der Waals surface area contributed by atoms with Gasteiger partial charge in [-0.2, -0.15) is 11.8 Å². The topological polar surface area (TPSA) is 15.3 Å². The van der Waals surface area contributed by atoms with E-state index in [2.05, 4.69) is 60.1 Å². The van der Waals surface area contributed by atoms with Gasteiger partial charge >= 0.3 is 0 Å². The molecule has 2 nitrogen and oxygen atoms in total. The van der Waals surface area contributed by atoms with E-state index in [0.717, 1.165) is 19.6 Å². The summed E-state index contributed by atoms with van der Waals surface area (Å²) in [5.41, 5.74) is 2.83. The average Bonchev–Trinajstić information content (AvgIpc) is 2.44. The normalized spacial score (nSPS) is 20.6. The molecule has 0 bridgehead atoms. The van der Waals surface area contributed by atoms with Crippen LogP contribution in [0.1, 0.15) is 31.4 Å². The number of rotatable bonds is 6. The summed E-state index contributed by atoms with van der Waals surface area (Å²) in [5.74, 6) is 2.56. The van der Waals surface area contributed by atoms with E-state index in [4.69, 9.17) is 0 Å². The molecule has 0 saturated carbocycles. The number of thioether (sulfide) groups is 1. The molecule has 19 heavy (non-hydrogen) atoms. The molecule has 1 saturated heterocycles. The van der Waals surface area contributed by atoms with E-state index in [1.54, 1.807) is 0 Å². The van der Waals surface area contributed by atoms with Crippen LogP contribution in [0.4, 0.5) is 0 Å². The molecule has 3 heteroatoms. The monoisotopic (exact) mass is 278 g/mol. The molecule has 2 rings (SSSR count). The summed E-state index contributed by atoms with van der Waals surface area (Å²) in [5, 5.41) is 3.45. The van der Waals surface area contributed by atoms with Crippen molar-refractivity contribution >= 4 is 11.8 Å². The first-order valence-corrected chi connectivity index (χ1v) is 8.55. The lowest BCUT2D eigenvalue weighted by Gasteiger charge is -2.33. The van der Waals surface area contributed by atoms with Crippen LogP contribution in [0.2, 0.25) is 0 Å². The Morgan fingerprint density at radius 3 is 2.68 bits per heavy atom. The van der Waals surface area contributed by atoms with Crippen LogP contribution >= 0.6 is 11.8 Å². The van der Waals surface area contributed by atoms with Crippen molar-refractivity contribution in [2.45, 2.75) is 39.4 Å². The molecule has 0 spiro atoms. The van der Waals surface area contributed by atoms with Crippen molar-refractivity contribution in [1.29, 1.82) is 0 Å². The molecule has 0 radical (unpaired) electrons. The number of nitrogens with zero attached hydrogens (tertiary/aromatic N) is 1. The number of nitrogens with one attached hydrogen (secondary N) is 1. The lowest BCUT2D eigenvalue weighted by Crippen LogP contribution is -2.39. The van der Waals surface area contributed by atoms with Gasteiger partial charge < -0.3 is 5.32 Å². The van der Waals surface area contributed by atoms with Crippen molar-refractivity contribution < 1.29 is 0 Å². The molecule has 0 aromatic heterocycles. The Hall–Kier alpha value is -0.510. The molecule has 106 valence electrons. The second-order valence-corrected chi connectivity index (χ2v) is 6.54. The number of benzene rings is 1. The van der Waals surface area contributed by atoms with Crippen molar-refractivity contribution in [3.05, 3.63) is 35.4 Å². The molecule has 1 fully saturated rings. The van der Waals surface area contributed by atoms with Crippen LogP contribution in [-0.4, -0.2) is 35.5 Å². The average molecular weight is 278 g/mol. The Morgan fingerprint density at radius 1 is 1.26 bits per heavy atom. The zero-order chi connectivity index (χ0) is 13.5. The van der Waals surface area contributed by atoms with Crippen LogP contribution < -0.4 is 5.32 Å². The van der Waals surface area contributed by atoms with E-state index in [1.807, 2.05) is 0 Å². The minimum absolute atomic E-state index is 0.713. The van der Waals surface area contributed by atoms with Gasteiger partial charge in [0.1, 0.15) is 0 Å². The number of hydrogen-bond donors (Lipinski definition) is 1. The van der Waals surface area contributed by atoms with Gasteiger partial charge in [0, 0.05) is 37.2 Å². The van der Waals surface area contributed by atoms with Gasteiger partial charge in [0.2, 0.25) is 0 Å². The molecule has 1 aliphatic heterocycles. The Bertz CT molecular complexity index is 364. The Kier molecular flexibility index (Phi) is 6.21. The van der Waals surface area contributed by atoms with Crippen molar-refractivity contribution in [3.8, 4) is 0 Å². The maximum atomic E-state index is 3.45. The van der Waals surface area contributed by atoms with E-state index < -0.39 is 0 Å². The molecule has 1 unspecified atom stereocenters. The molecule has 0 amide bonds. The molecule has 1 atom stereocenters. The van der Waals surface area contributed by atoms with Gasteiger partial charge in [-0.25, -0.2) is 0 Å². The summed E-state index contributed by atoms with van der Waals surface area (Å²) in [6, 6.07) is 9.82. The largest absolute Gasteiger partial charge is 0.313 e. The summed E-state index contributed by atoms with van der Waals surface area (Å²) in [6.45, 7) is 8.97. The summed E-state index contributed by atoms with van der Waals surface area (Å²) in [4.78, 5) is 2.60. The van der Waals surface area contributed by atoms with Gasteiger partial charge in [-0.15, -0.1) is 0 Å². The van der Waals surface area contributed by atoms with Crippen LogP contribution in [0.5, 0.6) is 0 Å². The molecule has 1 aliphatic rings. The quantitative estimate of drug-likeness (QED) is 0.805. The third kappa shape index (κ3) is 4.83. The van der Waals surface area contributed by atoms with E-state index in [-0.39, 0.29) is 0 Å². The minimum Gasteiger partial charge on any atom is -0.313 e. The van der Waals surface area contributed by atoms with Crippen LogP contribution in [-0.2, 0) is 13.1 Å². The molecule has 1 aromatic rings. The van der Waals surface area contributed by atoms with Crippen LogP contribution in [0, 0.1) is 0 Å². The van der Waals surface area contributed by atoms with Gasteiger partial charge in [0.15, 0.2) is 0 Å². The zero-order valence-electron chi connectivity index (χ0n) is 12.2. The van der Waals surface area contributed by atoms with Crippen molar-refractivity contribution in [3.63, 3.8) is 0 Å². The van der Waals surface area contributed by atoms with Gasteiger partial charge in [0.05, 0.1) is 0 Å². The number of hydrogen-bond acceptors (Lipinski definition) is 3. The zero-order valence-corrected chi connectivity index (χ0v) is 13.0. The fraction of sp³-hybridized carbons (Fsp3) is 0.625. The predicted molar refractivity (Wildman–Crippen MR) is 85.6 cm³/mol. The first-order chi connectivity index (χ1) is 9.29. The molecule has 1 aromatic carbocycles. The van der Waals surface area contributed by atoms with Crippen molar-refractivity contribution in [2.75, 3.05) is 24.6 Å². The third-order valence-electron chi connectivity index (χ3n) is 3.67. The lowest BCUT2D eigenvalue weighted by molar-refractivity contribution is 0.224. The smallest absolute Gasteiger partial charge is 0.0237 e. The second-order valence-electron chi connectivity index (χ2n) is 5.39. The fourth-order valence-corrected chi connectivity index (χ4v) is 3.49. The van der Waals surface area contributed by atoms with Crippen molar-refractivity contribution in [2.24, 2.45) is 0 Å². The molecule has 1 N–H and O–H groups in total. The highest BCUT2D eigenvalue weighted by molar-refractivity contribution is 7.99. The van der Waals surface area contributed by atoms with E-state index in [9.17, 15) is 0 Å². The van der Waals surface area contributed by atoms with Crippen LogP contribution in [0.15, 0.2) is 24.3 Å². The highest BCUT2D eigenvalue weighted by atomic mass is 32.2. The van der Waals surface area contributed by atoms with Crippen molar-refractivity contribution in [1.82, 2.24) is 10.2 Å². The molecule has 1 heterocycles. The van der Waals surface area contributed by atoms with Gasteiger partial charge in [-0.1, -0.05) is 31.2 Å². The maximum absolute atomic E-state index is 3.45. The standard InChI is InChI=1S/C16H26N2S/c1-3-8-17-11-15-4-6-16(7-5-15)12-18-9-10-19-13-14(18)2/h4-7,14,17H,3,8-13H2,1-2H3. The molecule has 0 aliphatic carbocycles. The predicted octanol–water partition coefficient (Wildman–Crippen LogP) is 3.12. The first kappa shape index (κ1) is 14.9. The minimum atomic E-state index is 0.713. The molecular formula is C16H26N2S.